The third-order valence-corrected chi connectivity index (χ3v) is 5.54. The maximum Gasteiger partial charge on any atom is 0.330 e. The zero-order valence-electron chi connectivity index (χ0n) is 17.6. The Morgan fingerprint density at radius 3 is 2.57 bits per heavy atom. The Labute approximate surface area is 180 Å². The van der Waals surface area contributed by atoms with Crippen molar-refractivity contribution in [3.8, 4) is 5.75 Å². The highest BCUT2D eigenvalue weighted by Crippen LogP contribution is 2.23. The summed E-state index contributed by atoms with van der Waals surface area (Å²) in [5.41, 5.74) is 2.56. The van der Waals surface area contributed by atoms with Gasteiger partial charge in [0.25, 0.3) is 0 Å². The summed E-state index contributed by atoms with van der Waals surface area (Å²) in [5, 5.41) is 0. The summed E-state index contributed by atoms with van der Waals surface area (Å²) in [6.07, 6.45) is 7.64. The van der Waals surface area contributed by atoms with Gasteiger partial charge in [-0.15, -0.1) is 0 Å². The Morgan fingerprint density at radius 2 is 1.80 bits per heavy atom. The molecule has 1 aliphatic rings. The minimum absolute atomic E-state index is 0.285. The van der Waals surface area contributed by atoms with Gasteiger partial charge in [0, 0.05) is 12.1 Å². The third kappa shape index (κ3) is 7.07. The predicted octanol–water partition coefficient (Wildman–Crippen LogP) is 4.59. The molecule has 0 aliphatic carbocycles. The van der Waals surface area contributed by atoms with Crippen molar-refractivity contribution < 1.29 is 19.0 Å². The van der Waals surface area contributed by atoms with Crippen LogP contribution in [0.1, 0.15) is 37.7 Å². The molecule has 2 aromatic carbocycles. The number of hydrogen-bond donors (Lipinski definition) is 0. The van der Waals surface area contributed by atoms with Crippen molar-refractivity contribution in [3.63, 3.8) is 0 Å². The lowest BCUT2D eigenvalue weighted by atomic mass is 9.36. The van der Waals surface area contributed by atoms with Crippen LogP contribution >= 0.6 is 0 Å². The lowest BCUT2D eigenvalue weighted by Crippen LogP contribution is -2.45. The van der Waals surface area contributed by atoms with E-state index in [1.165, 1.54) is 30.7 Å². The molecule has 0 bridgehead atoms. The van der Waals surface area contributed by atoms with Crippen molar-refractivity contribution in [2.75, 3.05) is 13.2 Å². The van der Waals surface area contributed by atoms with Gasteiger partial charge < -0.3 is 14.2 Å². The van der Waals surface area contributed by atoms with Crippen LogP contribution in [0.4, 0.5) is 0 Å². The molecule has 1 heterocycles. The molecule has 5 heteroatoms. The first kappa shape index (κ1) is 22.2. The first-order valence-electron chi connectivity index (χ1n) is 10.9. The van der Waals surface area contributed by atoms with E-state index in [0.717, 1.165) is 30.6 Å². The smallest absolute Gasteiger partial charge is 0.330 e. The molecule has 0 saturated carbocycles. The number of carbonyl (C=O) groups excluding carboxylic acids is 1. The Kier molecular flexibility index (Phi) is 9.04. The Hall–Kier alpha value is -2.53. The number of rotatable bonds is 11. The Morgan fingerprint density at radius 1 is 1.03 bits per heavy atom. The Bertz CT molecular complexity index is 775. The fraction of sp³-hybridized carbons (Fsp3) is 0.400. The maximum atomic E-state index is 11.0. The number of carbonyl (C=O) groups is 1. The normalized spacial score (nSPS) is 16.1. The molecule has 1 unspecified atom stereocenters. The van der Waals surface area contributed by atoms with Crippen molar-refractivity contribution in [1.82, 2.24) is 0 Å². The van der Waals surface area contributed by atoms with Crippen molar-refractivity contribution in [3.05, 3.63) is 72.8 Å². The summed E-state index contributed by atoms with van der Waals surface area (Å²) in [5.74, 6) is 0.471. The molecule has 1 aliphatic heterocycles. The van der Waals surface area contributed by atoms with Crippen LogP contribution in [0.15, 0.2) is 67.3 Å². The van der Waals surface area contributed by atoms with Crippen molar-refractivity contribution in [2.45, 2.75) is 51.0 Å². The number of ether oxygens (including phenoxy) is 3. The van der Waals surface area contributed by atoms with Crippen molar-refractivity contribution in [1.29, 1.82) is 0 Å². The Balaban J connectivity index is 1.39. The summed E-state index contributed by atoms with van der Waals surface area (Å²) in [7, 11) is 0. The molecule has 30 heavy (non-hydrogen) atoms. The van der Waals surface area contributed by atoms with Crippen LogP contribution in [0.2, 0.25) is 6.32 Å². The van der Waals surface area contributed by atoms with E-state index in [1.54, 1.807) is 0 Å². The van der Waals surface area contributed by atoms with Gasteiger partial charge in [0.15, 0.2) is 0 Å². The molecule has 0 N–H and O–H groups in total. The van der Waals surface area contributed by atoms with Gasteiger partial charge in [-0.25, -0.2) is 4.79 Å². The largest absolute Gasteiger partial charge is 0.494 e. The summed E-state index contributed by atoms with van der Waals surface area (Å²) in [6, 6.07) is 19.2. The SMILES string of the molecule is C=CC(=O)OCCCCOc1ccc(COC2CCCCB2c2ccccc2)cc1. The highest BCUT2D eigenvalue weighted by atomic mass is 16.5. The first-order valence-corrected chi connectivity index (χ1v) is 10.9. The second-order valence-electron chi connectivity index (χ2n) is 7.72. The van der Waals surface area contributed by atoms with Gasteiger partial charge in [0.1, 0.15) is 5.75 Å². The van der Waals surface area contributed by atoms with Gasteiger partial charge in [-0.1, -0.05) is 73.7 Å². The minimum Gasteiger partial charge on any atom is -0.494 e. The number of hydrogen-bond acceptors (Lipinski definition) is 4. The summed E-state index contributed by atoms with van der Waals surface area (Å²) < 4.78 is 17.0. The standard InChI is InChI=1S/C25H31BO4/c1-2-25(27)29-19-9-8-18-28-23-15-13-21(14-16-23)20-30-24-12-6-7-17-26(24)22-10-4-3-5-11-22/h2-5,10-11,13-16,24H,1,6-9,12,17-20H2. The van der Waals surface area contributed by atoms with Gasteiger partial charge in [-0.2, -0.15) is 0 Å². The molecule has 0 amide bonds. The van der Waals surface area contributed by atoms with Crippen LogP contribution in [0, 0.1) is 0 Å². The summed E-state index contributed by atoms with van der Waals surface area (Å²) in [6.45, 7) is 5.49. The van der Waals surface area contributed by atoms with Crippen LogP contribution in [-0.4, -0.2) is 31.9 Å². The average molecular weight is 406 g/mol. The molecule has 4 nitrogen and oxygen atoms in total. The van der Waals surface area contributed by atoms with Gasteiger partial charge in [0.05, 0.1) is 19.8 Å². The lowest BCUT2D eigenvalue weighted by molar-refractivity contribution is -0.137. The van der Waals surface area contributed by atoms with E-state index >= 15 is 0 Å². The highest BCUT2D eigenvalue weighted by Gasteiger charge is 2.30. The molecule has 0 spiro atoms. The van der Waals surface area contributed by atoms with E-state index in [0.29, 0.717) is 26.5 Å². The minimum atomic E-state index is -0.378. The topological polar surface area (TPSA) is 44.8 Å². The molecular formula is C25H31BO4. The van der Waals surface area contributed by atoms with Gasteiger partial charge in [-0.05, 0) is 37.0 Å². The third-order valence-electron chi connectivity index (χ3n) is 5.54. The van der Waals surface area contributed by atoms with Crippen molar-refractivity contribution in [2.24, 2.45) is 0 Å². The van der Waals surface area contributed by atoms with E-state index in [-0.39, 0.29) is 12.0 Å². The molecule has 1 saturated heterocycles. The van der Waals surface area contributed by atoms with E-state index in [2.05, 4.69) is 49.0 Å². The molecule has 0 radical (unpaired) electrons. The highest BCUT2D eigenvalue weighted by molar-refractivity contribution is 6.74. The number of esters is 1. The zero-order chi connectivity index (χ0) is 21.0. The fourth-order valence-electron chi connectivity index (χ4n) is 3.89. The predicted molar refractivity (Wildman–Crippen MR) is 121 cm³/mol. The van der Waals surface area contributed by atoms with Gasteiger partial charge >= 0.3 is 5.97 Å². The maximum absolute atomic E-state index is 11.0. The molecule has 1 atom stereocenters. The van der Waals surface area contributed by atoms with Crippen LogP contribution in [0.25, 0.3) is 0 Å². The molecule has 1 fully saturated rings. The zero-order valence-corrected chi connectivity index (χ0v) is 17.6. The van der Waals surface area contributed by atoms with Gasteiger partial charge in [-0.3, -0.25) is 0 Å². The molecule has 3 rings (SSSR count). The molecule has 2 aromatic rings. The number of benzene rings is 2. The van der Waals surface area contributed by atoms with Crippen LogP contribution in [0.3, 0.4) is 0 Å². The van der Waals surface area contributed by atoms with Crippen LogP contribution in [0.5, 0.6) is 5.75 Å². The van der Waals surface area contributed by atoms with E-state index in [1.807, 2.05) is 12.1 Å². The second-order valence-corrected chi connectivity index (χ2v) is 7.72. The fourth-order valence-corrected chi connectivity index (χ4v) is 3.89. The van der Waals surface area contributed by atoms with Crippen LogP contribution in [-0.2, 0) is 20.9 Å². The number of unbranched alkanes of at least 4 members (excludes halogenated alkanes) is 1. The van der Waals surface area contributed by atoms with E-state index in [9.17, 15) is 4.79 Å². The van der Waals surface area contributed by atoms with E-state index in [4.69, 9.17) is 14.2 Å². The first-order chi connectivity index (χ1) is 14.8. The summed E-state index contributed by atoms with van der Waals surface area (Å²) >= 11 is 0. The molecule has 0 aromatic heterocycles. The van der Waals surface area contributed by atoms with Gasteiger partial charge in [0.2, 0.25) is 6.71 Å². The molecule has 158 valence electrons. The molecular weight excluding hydrogens is 375 g/mol. The second kappa shape index (κ2) is 12.2. The summed E-state index contributed by atoms with van der Waals surface area (Å²) in [4.78, 5) is 11.0. The average Bonchev–Trinajstić information content (AvgIpc) is 2.81. The quantitative estimate of drug-likeness (QED) is 0.237. The van der Waals surface area contributed by atoms with Crippen LogP contribution < -0.4 is 10.2 Å². The lowest BCUT2D eigenvalue weighted by Gasteiger charge is -2.29. The monoisotopic (exact) mass is 406 g/mol. The van der Waals surface area contributed by atoms with Crippen molar-refractivity contribution >= 4 is 18.1 Å². The van der Waals surface area contributed by atoms with E-state index < -0.39 is 0 Å².